The molecule has 20 heavy (non-hydrogen) atoms. The van der Waals surface area contributed by atoms with Gasteiger partial charge in [0.25, 0.3) is 0 Å². The van der Waals surface area contributed by atoms with Crippen molar-refractivity contribution in [1.29, 1.82) is 5.26 Å². The molecule has 1 aromatic rings. The third-order valence-electron chi connectivity index (χ3n) is 3.36. The van der Waals surface area contributed by atoms with Crippen LogP contribution in [0.15, 0.2) is 18.2 Å². The van der Waals surface area contributed by atoms with Crippen molar-refractivity contribution in [3.8, 4) is 11.8 Å². The SMILES string of the molecule is COc1ccc(C#N)c(NCCN(C(C)C)C(C)C)c1. The molecule has 4 nitrogen and oxygen atoms in total. The molecule has 0 fully saturated rings. The first kappa shape index (κ1) is 16.3. The second-order valence-electron chi connectivity index (χ2n) is 5.38. The lowest BCUT2D eigenvalue weighted by Gasteiger charge is -2.30. The summed E-state index contributed by atoms with van der Waals surface area (Å²) in [6, 6.07) is 8.68. The van der Waals surface area contributed by atoms with Crippen LogP contribution in [0.1, 0.15) is 33.3 Å². The molecule has 0 amide bonds. The molecule has 0 saturated carbocycles. The lowest BCUT2D eigenvalue weighted by molar-refractivity contribution is 0.182. The lowest BCUT2D eigenvalue weighted by atomic mass is 10.2. The van der Waals surface area contributed by atoms with Gasteiger partial charge >= 0.3 is 0 Å². The Bertz CT molecular complexity index is 455. The minimum atomic E-state index is 0.512. The Morgan fingerprint density at radius 2 is 1.90 bits per heavy atom. The average Bonchev–Trinajstić information content (AvgIpc) is 2.42. The minimum Gasteiger partial charge on any atom is -0.497 e. The summed E-state index contributed by atoms with van der Waals surface area (Å²) < 4.78 is 5.20. The highest BCUT2D eigenvalue weighted by molar-refractivity contribution is 5.60. The van der Waals surface area contributed by atoms with Gasteiger partial charge in [0.2, 0.25) is 0 Å². The summed E-state index contributed by atoms with van der Waals surface area (Å²) in [5, 5.41) is 12.5. The van der Waals surface area contributed by atoms with E-state index in [-0.39, 0.29) is 0 Å². The van der Waals surface area contributed by atoms with E-state index in [0.29, 0.717) is 17.6 Å². The van der Waals surface area contributed by atoms with Crippen molar-refractivity contribution in [2.75, 3.05) is 25.5 Å². The van der Waals surface area contributed by atoms with Crippen LogP contribution in [0.2, 0.25) is 0 Å². The first-order chi connectivity index (χ1) is 9.49. The van der Waals surface area contributed by atoms with Gasteiger partial charge in [-0.05, 0) is 39.8 Å². The van der Waals surface area contributed by atoms with Gasteiger partial charge in [0.15, 0.2) is 0 Å². The molecule has 1 rings (SSSR count). The van der Waals surface area contributed by atoms with E-state index in [1.54, 1.807) is 19.2 Å². The maximum Gasteiger partial charge on any atom is 0.121 e. The minimum absolute atomic E-state index is 0.512. The molecule has 0 spiro atoms. The normalized spacial score (nSPS) is 10.9. The van der Waals surface area contributed by atoms with Crippen LogP contribution >= 0.6 is 0 Å². The number of rotatable bonds is 7. The highest BCUT2D eigenvalue weighted by Gasteiger charge is 2.12. The summed E-state index contributed by atoms with van der Waals surface area (Å²) in [7, 11) is 1.63. The summed E-state index contributed by atoms with van der Waals surface area (Å²) in [4.78, 5) is 2.42. The fourth-order valence-electron chi connectivity index (χ4n) is 2.33. The molecule has 4 heteroatoms. The number of ether oxygens (including phenoxy) is 1. The van der Waals surface area contributed by atoms with Crippen molar-refractivity contribution in [3.63, 3.8) is 0 Å². The fraction of sp³-hybridized carbons (Fsp3) is 0.562. The molecule has 0 aliphatic rings. The van der Waals surface area contributed by atoms with Crippen molar-refractivity contribution in [2.24, 2.45) is 0 Å². The first-order valence-electron chi connectivity index (χ1n) is 7.07. The third kappa shape index (κ3) is 4.43. The van der Waals surface area contributed by atoms with E-state index in [2.05, 4.69) is 44.0 Å². The molecule has 0 radical (unpaired) electrons. The fourth-order valence-corrected chi connectivity index (χ4v) is 2.33. The third-order valence-corrected chi connectivity index (χ3v) is 3.36. The van der Waals surface area contributed by atoms with Gasteiger partial charge in [-0.3, -0.25) is 4.90 Å². The maximum absolute atomic E-state index is 9.13. The standard InChI is InChI=1S/C16H25N3O/c1-12(2)19(13(3)4)9-8-18-16-10-15(20-5)7-6-14(16)11-17/h6-7,10,12-13,18H,8-9H2,1-5H3. The Morgan fingerprint density at radius 3 is 2.40 bits per heavy atom. The van der Waals surface area contributed by atoms with Crippen LogP contribution in [-0.2, 0) is 0 Å². The van der Waals surface area contributed by atoms with Gasteiger partial charge < -0.3 is 10.1 Å². The van der Waals surface area contributed by atoms with Gasteiger partial charge in [-0.1, -0.05) is 0 Å². The molecule has 1 N–H and O–H groups in total. The van der Waals surface area contributed by atoms with Crippen LogP contribution < -0.4 is 10.1 Å². The van der Waals surface area contributed by atoms with Gasteiger partial charge in [0.1, 0.15) is 11.8 Å². The molecule has 0 saturated heterocycles. The topological polar surface area (TPSA) is 48.3 Å². The summed E-state index contributed by atoms with van der Waals surface area (Å²) in [6.45, 7) is 10.5. The number of anilines is 1. The summed E-state index contributed by atoms with van der Waals surface area (Å²) in [6.07, 6.45) is 0. The Hall–Kier alpha value is -1.73. The highest BCUT2D eigenvalue weighted by Crippen LogP contribution is 2.21. The second kappa shape index (κ2) is 7.76. The van der Waals surface area contributed by atoms with E-state index in [9.17, 15) is 0 Å². The number of benzene rings is 1. The molecule has 1 aromatic carbocycles. The number of hydrogen-bond acceptors (Lipinski definition) is 4. The number of nitrogens with one attached hydrogen (secondary N) is 1. The van der Waals surface area contributed by atoms with Gasteiger partial charge in [0.05, 0.1) is 18.4 Å². The second-order valence-corrected chi connectivity index (χ2v) is 5.38. The molecule has 0 heterocycles. The molecule has 110 valence electrons. The first-order valence-corrected chi connectivity index (χ1v) is 7.07. The lowest BCUT2D eigenvalue weighted by Crippen LogP contribution is -2.40. The molecule has 0 aromatic heterocycles. The van der Waals surface area contributed by atoms with Gasteiger partial charge in [0, 0.05) is 31.2 Å². The number of hydrogen-bond donors (Lipinski definition) is 1. The van der Waals surface area contributed by atoms with Crippen LogP contribution in [0.4, 0.5) is 5.69 Å². The van der Waals surface area contributed by atoms with E-state index in [1.807, 2.05) is 6.07 Å². The van der Waals surface area contributed by atoms with Gasteiger partial charge in [-0.15, -0.1) is 0 Å². The smallest absolute Gasteiger partial charge is 0.121 e. The predicted molar refractivity (Wildman–Crippen MR) is 83.2 cm³/mol. The van der Waals surface area contributed by atoms with Gasteiger partial charge in [-0.25, -0.2) is 0 Å². The van der Waals surface area contributed by atoms with Crippen LogP contribution in [0.3, 0.4) is 0 Å². The van der Waals surface area contributed by atoms with Crippen LogP contribution in [0.5, 0.6) is 5.75 Å². The monoisotopic (exact) mass is 275 g/mol. The quantitative estimate of drug-likeness (QED) is 0.830. The largest absolute Gasteiger partial charge is 0.497 e. The van der Waals surface area contributed by atoms with E-state index < -0.39 is 0 Å². The zero-order valence-electron chi connectivity index (χ0n) is 13.1. The molecule has 0 aliphatic carbocycles. The molecular weight excluding hydrogens is 250 g/mol. The molecule has 0 atom stereocenters. The van der Waals surface area contributed by atoms with E-state index in [0.717, 1.165) is 24.5 Å². The van der Waals surface area contributed by atoms with Crippen molar-refractivity contribution < 1.29 is 4.74 Å². The molecule has 0 bridgehead atoms. The van der Waals surface area contributed by atoms with Crippen LogP contribution in [-0.4, -0.2) is 37.2 Å². The maximum atomic E-state index is 9.13. The number of methoxy groups -OCH3 is 1. The zero-order valence-corrected chi connectivity index (χ0v) is 13.1. The molecule has 0 aliphatic heterocycles. The Kier molecular flexibility index (Phi) is 6.33. The van der Waals surface area contributed by atoms with Crippen molar-refractivity contribution >= 4 is 5.69 Å². The average molecular weight is 275 g/mol. The predicted octanol–water partition coefficient (Wildman–Crippen LogP) is 3.10. The van der Waals surface area contributed by atoms with Crippen molar-refractivity contribution in [1.82, 2.24) is 4.90 Å². The highest BCUT2D eigenvalue weighted by atomic mass is 16.5. The van der Waals surface area contributed by atoms with E-state index in [4.69, 9.17) is 10.00 Å². The number of nitriles is 1. The molecule has 0 unspecified atom stereocenters. The van der Waals surface area contributed by atoms with Crippen LogP contribution in [0, 0.1) is 11.3 Å². The Balaban J connectivity index is 2.67. The summed E-state index contributed by atoms with van der Waals surface area (Å²) in [5.41, 5.74) is 1.48. The Labute approximate surface area is 122 Å². The van der Waals surface area contributed by atoms with Crippen molar-refractivity contribution in [3.05, 3.63) is 23.8 Å². The molecular formula is C16H25N3O. The summed E-state index contributed by atoms with van der Waals surface area (Å²) >= 11 is 0. The summed E-state index contributed by atoms with van der Waals surface area (Å²) in [5.74, 6) is 0.760. The van der Waals surface area contributed by atoms with Gasteiger partial charge in [-0.2, -0.15) is 5.26 Å². The van der Waals surface area contributed by atoms with E-state index in [1.165, 1.54) is 0 Å². The van der Waals surface area contributed by atoms with Crippen LogP contribution in [0.25, 0.3) is 0 Å². The zero-order chi connectivity index (χ0) is 15.1. The van der Waals surface area contributed by atoms with E-state index >= 15 is 0 Å². The van der Waals surface area contributed by atoms with Crippen molar-refractivity contribution in [2.45, 2.75) is 39.8 Å². The Morgan fingerprint density at radius 1 is 1.25 bits per heavy atom. The number of nitrogens with zero attached hydrogens (tertiary/aromatic N) is 2.